The second-order valence-corrected chi connectivity index (χ2v) is 4.61. The maximum absolute atomic E-state index is 14.1. The standard InChI is InChI=1S/C13H12FN3O2/c1-7-2-3-8(12(18)16-7)11-9(14)6-10-15-4-5-17(10)13(11)19/h4-6,8,15H,1-3H2,(H,16,18). The zero-order chi connectivity index (χ0) is 13.6. The smallest absolute Gasteiger partial charge is 0.263 e. The number of nitrogens with one attached hydrogen (secondary N) is 2. The summed E-state index contributed by atoms with van der Waals surface area (Å²) in [6.07, 6.45) is 4.00. The van der Waals surface area contributed by atoms with E-state index >= 15 is 0 Å². The van der Waals surface area contributed by atoms with Crippen molar-refractivity contribution in [3.63, 3.8) is 0 Å². The number of aromatic amines is 1. The van der Waals surface area contributed by atoms with Gasteiger partial charge >= 0.3 is 0 Å². The van der Waals surface area contributed by atoms with Crippen LogP contribution in [0, 0.1) is 5.82 Å². The molecule has 1 aliphatic rings. The molecule has 1 fully saturated rings. The molecule has 0 aliphatic carbocycles. The normalized spacial score (nSPS) is 19.7. The van der Waals surface area contributed by atoms with Gasteiger partial charge in [0, 0.05) is 24.2 Å². The molecular weight excluding hydrogens is 249 g/mol. The van der Waals surface area contributed by atoms with Crippen LogP contribution in [0.1, 0.15) is 24.3 Å². The van der Waals surface area contributed by atoms with Gasteiger partial charge in [-0.05, 0) is 12.8 Å². The van der Waals surface area contributed by atoms with Crippen LogP contribution in [0.2, 0.25) is 0 Å². The van der Waals surface area contributed by atoms with Gasteiger partial charge in [-0.2, -0.15) is 0 Å². The Kier molecular flexibility index (Phi) is 2.51. The van der Waals surface area contributed by atoms with Crippen LogP contribution in [0.15, 0.2) is 35.5 Å². The van der Waals surface area contributed by atoms with E-state index < -0.39 is 17.3 Å². The number of hydrogen-bond donors (Lipinski definition) is 2. The first-order chi connectivity index (χ1) is 9.08. The van der Waals surface area contributed by atoms with Gasteiger partial charge in [0.25, 0.3) is 5.56 Å². The number of halogens is 1. The number of pyridine rings is 1. The third-order valence-corrected chi connectivity index (χ3v) is 3.38. The quantitative estimate of drug-likeness (QED) is 0.812. The van der Waals surface area contributed by atoms with Gasteiger partial charge in [0.15, 0.2) is 0 Å². The van der Waals surface area contributed by atoms with Crippen molar-refractivity contribution in [2.45, 2.75) is 18.8 Å². The summed E-state index contributed by atoms with van der Waals surface area (Å²) in [4.78, 5) is 26.9. The van der Waals surface area contributed by atoms with E-state index in [2.05, 4.69) is 16.9 Å². The molecule has 0 bridgehead atoms. The van der Waals surface area contributed by atoms with Crippen molar-refractivity contribution >= 4 is 11.6 Å². The summed E-state index contributed by atoms with van der Waals surface area (Å²) in [5.74, 6) is -1.78. The van der Waals surface area contributed by atoms with E-state index in [-0.39, 0.29) is 11.5 Å². The van der Waals surface area contributed by atoms with Crippen molar-refractivity contribution in [3.05, 3.63) is 52.5 Å². The second kappa shape index (κ2) is 4.08. The maximum Gasteiger partial charge on any atom is 0.263 e. The molecule has 98 valence electrons. The van der Waals surface area contributed by atoms with Gasteiger partial charge in [0.1, 0.15) is 11.5 Å². The van der Waals surface area contributed by atoms with Crippen LogP contribution in [-0.2, 0) is 4.79 Å². The van der Waals surface area contributed by atoms with Crippen molar-refractivity contribution < 1.29 is 9.18 Å². The molecule has 3 rings (SSSR count). The van der Waals surface area contributed by atoms with E-state index in [1.54, 1.807) is 6.20 Å². The molecule has 1 amide bonds. The van der Waals surface area contributed by atoms with E-state index in [4.69, 9.17) is 0 Å². The maximum atomic E-state index is 14.1. The number of aromatic nitrogens is 2. The minimum absolute atomic E-state index is 0.0814. The lowest BCUT2D eigenvalue weighted by atomic mass is 9.90. The molecule has 0 aromatic carbocycles. The van der Waals surface area contributed by atoms with Gasteiger partial charge in [0.2, 0.25) is 5.91 Å². The highest BCUT2D eigenvalue weighted by Crippen LogP contribution is 2.27. The molecule has 1 aliphatic heterocycles. The molecule has 1 unspecified atom stereocenters. The number of carbonyl (C=O) groups is 1. The van der Waals surface area contributed by atoms with Crippen molar-refractivity contribution in [2.75, 3.05) is 0 Å². The van der Waals surface area contributed by atoms with Gasteiger partial charge in [-0.25, -0.2) is 4.39 Å². The summed E-state index contributed by atoms with van der Waals surface area (Å²) >= 11 is 0. The first-order valence-electron chi connectivity index (χ1n) is 5.94. The Morgan fingerprint density at radius 2 is 2.21 bits per heavy atom. The van der Waals surface area contributed by atoms with Crippen LogP contribution >= 0.6 is 0 Å². The molecule has 2 aromatic rings. The third-order valence-electron chi connectivity index (χ3n) is 3.38. The topological polar surface area (TPSA) is 66.4 Å². The van der Waals surface area contributed by atoms with E-state index in [1.165, 1.54) is 16.7 Å². The first kappa shape index (κ1) is 11.7. The number of fused-ring (bicyclic) bond motifs is 1. The van der Waals surface area contributed by atoms with Gasteiger partial charge in [-0.3, -0.25) is 14.0 Å². The minimum atomic E-state index is -0.759. The summed E-state index contributed by atoms with van der Waals surface area (Å²) in [5.41, 5.74) is 0.391. The van der Waals surface area contributed by atoms with Crippen LogP contribution in [0.5, 0.6) is 0 Å². The molecule has 1 saturated heterocycles. The molecule has 5 nitrogen and oxygen atoms in total. The Morgan fingerprint density at radius 3 is 2.95 bits per heavy atom. The number of H-pyrrole nitrogens is 1. The summed E-state index contributed by atoms with van der Waals surface area (Å²) in [6, 6.07) is 1.23. The van der Waals surface area contributed by atoms with E-state index in [0.717, 1.165) is 0 Å². The van der Waals surface area contributed by atoms with Gasteiger partial charge in [0.05, 0.1) is 11.5 Å². The highest BCUT2D eigenvalue weighted by molar-refractivity contribution is 5.86. The monoisotopic (exact) mass is 261 g/mol. The average Bonchev–Trinajstić information content (AvgIpc) is 2.80. The van der Waals surface area contributed by atoms with E-state index in [9.17, 15) is 14.0 Å². The Bertz CT molecular complexity index is 744. The van der Waals surface area contributed by atoms with E-state index in [0.29, 0.717) is 24.2 Å². The zero-order valence-electron chi connectivity index (χ0n) is 10.1. The Balaban J connectivity index is 2.17. The summed E-state index contributed by atoms with van der Waals surface area (Å²) in [5, 5.41) is 2.57. The number of rotatable bonds is 1. The fourth-order valence-corrected chi connectivity index (χ4v) is 2.43. The highest BCUT2D eigenvalue weighted by atomic mass is 19.1. The summed E-state index contributed by atoms with van der Waals surface area (Å²) in [6.45, 7) is 3.67. The predicted octanol–water partition coefficient (Wildman–Crippen LogP) is 1.27. The first-order valence-corrected chi connectivity index (χ1v) is 5.94. The number of imidazole rings is 1. The third kappa shape index (κ3) is 1.76. The average molecular weight is 261 g/mol. The zero-order valence-corrected chi connectivity index (χ0v) is 10.1. The lowest BCUT2D eigenvalue weighted by Gasteiger charge is -2.23. The van der Waals surface area contributed by atoms with E-state index in [1.807, 2.05) is 0 Å². The molecule has 2 aromatic heterocycles. The van der Waals surface area contributed by atoms with Crippen LogP contribution in [0.3, 0.4) is 0 Å². The largest absolute Gasteiger partial charge is 0.346 e. The van der Waals surface area contributed by atoms with Crippen LogP contribution < -0.4 is 10.9 Å². The minimum Gasteiger partial charge on any atom is -0.346 e. The van der Waals surface area contributed by atoms with Gasteiger partial charge in [-0.1, -0.05) is 6.58 Å². The Hall–Kier alpha value is -2.37. The fraction of sp³-hybridized carbons (Fsp3) is 0.231. The molecule has 19 heavy (non-hydrogen) atoms. The number of nitrogens with zero attached hydrogens (tertiary/aromatic N) is 1. The number of allylic oxidation sites excluding steroid dienone is 1. The molecule has 6 heteroatoms. The number of hydrogen-bond acceptors (Lipinski definition) is 2. The summed E-state index contributed by atoms with van der Waals surface area (Å²) in [7, 11) is 0. The lowest BCUT2D eigenvalue weighted by Crippen LogP contribution is -2.37. The Morgan fingerprint density at radius 1 is 1.42 bits per heavy atom. The number of amides is 1. The van der Waals surface area contributed by atoms with Crippen LogP contribution in [0.4, 0.5) is 4.39 Å². The Labute approximate surface area is 107 Å². The molecule has 3 heterocycles. The van der Waals surface area contributed by atoms with Crippen LogP contribution in [-0.4, -0.2) is 15.3 Å². The molecule has 0 saturated carbocycles. The van der Waals surface area contributed by atoms with Gasteiger partial charge in [-0.15, -0.1) is 0 Å². The fourth-order valence-electron chi connectivity index (χ4n) is 2.43. The van der Waals surface area contributed by atoms with Crippen molar-refractivity contribution in [1.29, 1.82) is 0 Å². The summed E-state index contributed by atoms with van der Waals surface area (Å²) < 4.78 is 15.4. The van der Waals surface area contributed by atoms with Crippen molar-refractivity contribution in [2.24, 2.45) is 0 Å². The van der Waals surface area contributed by atoms with Gasteiger partial charge < -0.3 is 10.3 Å². The second-order valence-electron chi connectivity index (χ2n) is 4.61. The molecular formula is C13H12FN3O2. The number of carbonyl (C=O) groups excluding carboxylic acids is 1. The van der Waals surface area contributed by atoms with Crippen molar-refractivity contribution in [3.8, 4) is 0 Å². The predicted molar refractivity (Wildman–Crippen MR) is 67.2 cm³/mol. The molecule has 2 N–H and O–H groups in total. The molecule has 1 atom stereocenters. The lowest BCUT2D eigenvalue weighted by molar-refractivity contribution is -0.123. The van der Waals surface area contributed by atoms with Crippen molar-refractivity contribution in [1.82, 2.24) is 14.7 Å². The highest BCUT2D eigenvalue weighted by Gasteiger charge is 2.31. The SMILES string of the molecule is C=C1CCC(c2c(F)cc3[nH]ccn3c2=O)C(=O)N1. The number of piperidine rings is 1. The van der Waals surface area contributed by atoms with Crippen LogP contribution in [0.25, 0.3) is 5.65 Å². The molecule has 0 radical (unpaired) electrons. The molecule has 0 spiro atoms.